The highest BCUT2D eigenvalue weighted by Crippen LogP contribution is 2.25. The molecule has 4 rings (SSSR count). The fraction of sp³-hybridized carbons (Fsp3) is 0.222. The van der Waals surface area contributed by atoms with Crippen molar-refractivity contribution in [3.63, 3.8) is 0 Å². The molecule has 1 N–H and O–H groups in total. The minimum absolute atomic E-state index is 0.268. The summed E-state index contributed by atoms with van der Waals surface area (Å²) in [6.45, 7) is 3.15. The lowest BCUT2D eigenvalue weighted by Gasteiger charge is -2.27. The van der Waals surface area contributed by atoms with E-state index in [0.717, 1.165) is 54.3 Å². The molecule has 0 radical (unpaired) electrons. The lowest BCUT2D eigenvalue weighted by molar-refractivity contribution is 0.122. The van der Waals surface area contributed by atoms with Crippen molar-refractivity contribution in [2.24, 2.45) is 0 Å². The number of phenolic OH excluding ortho intramolecular Hbond substituents is 1. The molecule has 0 unspecified atom stereocenters. The average molecular weight is 307 g/mol. The Kier molecular flexibility index (Phi) is 3.55. The molecule has 1 fully saturated rings. The van der Waals surface area contributed by atoms with Gasteiger partial charge >= 0.3 is 0 Å². The number of rotatable bonds is 2. The van der Waals surface area contributed by atoms with Gasteiger partial charge in [0.1, 0.15) is 11.6 Å². The number of benzene rings is 2. The highest BCUT2D eigenvalue weighted by atomic mass is 16.5. The highest BCUT2D eigenvalue weighted by Gasteiger charge is 2.13. The Morgan fingerprint density at radius 1 is 0.913 bits per heavy atom. The number of anilines is 1. The molecule has 1 aromatic heterocycles. The van der Waals surface area contributed by atoms with Crippen LogP contribution in [-0.4, -0.2) is 41.4 Å². The van der Waals surface area contributed by atoms with Crippen molar-refractivity contribution in [1.29, 1.82) is 0 Å². The van der Waals surface area contributed by atoms with E-state index in [4.69, 9.17) is 9.72 Å². The van der Waals surface area contributed by atoms with E-state index in [9.17, 15) is 5.11 Å². The second-order valence-electron chi connectivity index (χ2n) is 5.58. The summed E-state index contributed by atoms with van der Waals surface area (Å²) in [5.41, 5.74) is 3.86. The highest BCUT2D eigenvalue weighted by molar-refractivity contribution is 5.82. The van der Waals surface area contributed by atoms with E-state index < -0.39 is 0 Å². The SMILES string of the molecule is Oc1ccc(-c2ccc3ncc(N4CCOCC4)nc3c2)cc1. The fourth-order valence-electron chi connectivity index (χ4n) is 2.78. The van der Waals surface area contributed by atoms with Gasteiger partial charge < -0.3 is 14.7 Å². The molecule has 0 spiro atoms. The molecule has 2 aromatic carbocycles. The number of hydrogen-bond acceptors (Lipinski definition) is 5. The predicted molar refractivity (Wildman–Crippen MR) is 89.7 cm³/mol. The van der Waals surface area contributed by atoms with Crippen LogP contribution in [0.5, 0.6) is 5.75 Å². The van der Waals surface area contributed by atoms with Gasteiger partial charge in [-0.25, -0.2) is 4.98 Å². The van der Waals surface area contributed by atoms with Crippen molar-refractivity contribution in [3.05, 3.63) is 48.7 Å². The van der Waals surface area contributed by atoms with Crippen LogP contribution in [0.2, 0.25) is 0 Å². The van der Waals surface area contributed by atoms with Gasteiger partial charge in [-0.2, -0.15) is 0 Å². The molecule has 0 atom stereocenters. The zero-order chi connectivity index (χ0) is 15.6. The van der Waals surface area contributed by atoms with Crippen LogP contribution in [0.25, 0.3) is 22.2 Å². The van der Waals surface area contributed by atoms with Crippen molar-refractivity contribution in [3.8, 4) is 16.9 Å². The lowest BCUT2D eigenvalue weighted by atomic mass is 10.0. The third-order valence-electron chi connectivity index (χ3n) is 4.07. The smallest absolute Gasteiger partial charge is 0.148 e. The Hall–Kier alpha value is -2.66. The van der Waals surface area contributed by atoms with Crippen LogP contribution in [0.15, 0.2) is 48.7 Å². The second kappa shape index (κ2) is 5.85. The van der Waals surface area contributed by atoms with Crippen molar-refractivity contribution in [2.75, 3.05) is 31.2 Å². The van der Waals surface area contributed by atoms with Gasteiger partial charge in [0.2, 0.25) is 0 Å². The minimum Gasteiger partial charge on any atom is -0.508 e. The fourth-order valence-corrected chi connectivity index (χ4v) is 2.78. The molecule has 0 aliphatic carbocycles. The molecule has 0 saturated carbocycles. The third kappa shape index (κ3) is 2.83. The van der Waals surface area contributed by atoms with E-state index in [1.165, 1.54) is 0 Å². The number of aromatic nitrogens is 2. The van der Waals surface area contributed by atoms with Gasteiger partial charge in [-0.05, 0) is 35.4 Å². The molecule has 3 aromatic rings. The number of nitrogens with zero attached hydrogens (tertiary/aromatic N) is 3. The number of phenols is 1. The number of morpholine rings is 1. The molecule has 5 heteroatoms. The van der Waals surface area contributed by atoms with Gasteiger partial charge in [-0.15, -0.1) is 0 Å². The van der Waals surface area contributed by atoms with Crippen LogP contribution in [0.1, 0.15) is 0 Å². The molecule has 2 heterocycles. The Bertz CT molecular complexity index is 827. The number of hydrogen-bond donors (Lipinski definition) is 1. The lowest BCUT2D eigenvalue weighted by Crippen LogP contribution is -2.36. The first kappa shape index (κ1) is 14.0. The Labute approximate surface area is 134 Å². The molecule has 1 aliphatic rings. The topological polar surface area (TPSA) is 58.5 Å². The Morgan fingerprint density at radius 3 is 2.43 bits per heavy atom. The zero-order valence-corrected chi connectivity index (χ0v) is 12.6. The summed E-state index contributed by atoms with van der Waals surface area (Å²) in [7, 11) is 0. The maximum atomic E-state index is 9.42. The molecular formula is C18H17N3O2. The van der Waals surface area contributed by atoms with E-state index in [0.29, 0.717) is 0 Å². The molecule has 0 bridgehead atoms. The van der Waals surface area contributed by atoms with E-state index in [1.807, 2.05) is 36.5 Å². The zero-order valence-electron chi connectivity index (χ0n) is 12.6. The average Bonchev–Trinajstić information content (AvgIpc) is 2.62. The molecule has 0 amide bonds. The number of aromatic hydroxyl groups is 1. The van der Waals surface area contributed by atoms with Crippen LogP contribution in [0.3, 0.4) is 0 Å². The van der Waals surface area contributed by atoms with Gasteiger partial charge in [-0.3, -0.25) is 4.98 Å². The summed E-state index contributed by atoms with van der Waals surface area (Å²) in [5, 5.41) is 9.42. The van der Waals surface area contributed by atoms with Crippen LogP contribution < -0.4 is 4.90 Å². The van der Waals surface area contributed by atoms with Crippen LogP contribution >= 0.6 is 0 Å². The quantitative estimate of drug-likeness (QED) is 0.789. The van der Waals surface area contributed by atoms with Crippen molar-refractivity contribution in [1.82, 2.24) is 9.97 Å². The minimum atomic E-state index is 0.268. The summed E-state index contributed by atoms with van der Waals surface area (Å²) in [6.07, 6.45) is 1.83. The van der Waals surface area contributed by atoms with Gasteiger partial charge in [0.05, 0.1) is 30.4 Å². The van der Waals surface area contributed by atoms with Crippen molar-refractivity contribution < 1.29 is 9.84 Å². The van der Waals surface area contributed by atoms with E-state index in [2.05, 4.69) is 9.88 Å². The molecule has 5 nitrogen and oxygen atoms in total. The Balaban J connectivity index is 1.72. The molecule has 23 heavy (non-hydrogen) atoms. The summed E-state index contributed by atoms with van der Waals surface area (Å²) < 4.78 is 5.38. The standard InChI is InChI=1S/C18H17N3O2/c22-15-4-1-13(2-5-15)14-3-6-16-17(11-14)20-18(12-19-16)21-7-9-23-10-8-21/h1-6,11-12,22H,7-10H2. The summed E-state index contributed by atoms with van der Waals surface area (Å²) in [5.74, 6) is 1.16. The third-order valence-corrected chi connectivity index (χ3v) is 4.07. The molecular weight excluding hydrogens is 290 g/mol. The van der Waals surface area contributed by atoms with E-state index >= 15 is 0 Å². The van der Waals surface area contributed by atoms with Gasteiger partial charge in [0.25, 0.3) is 0 Å². The maximum Gasteiger partial charge on any atom is 0.148 e. The number of ether oxygens (including phenoxy) is 1. The Morgan fingerprint density at radius 2 is 1.65 bits per heavy atom. The first-order chi connectivity index (χ1) is 11.3. The molecule has 116 valence electrons. The largest absolute Gasteiger partial charge is 0.508 e. The van der Waals surface area contributed by atoms with Gasteiger partial charge in [-0.1, -0.05) is 18.2 Å². The van der Waals surface area contributed by atoms with Gasteiger partial charge in [0, 0.05) is 13.1 Å². The van der Waals surface area contributed by atoms with Crippen molar-refractivity contribution >= 4 is 16.9 Å². The molecule has 1 aliphatic heterocycles. The number of fused-ring (bicyclic) bond motifs is 1. The summed E-state index contributed by atoms with van der Waals surface area (Å²) >= 11 is 0. The summed E-state index contributed by atoms with van der Waals surface area (Å²) in [6, 6.07) is 13.2. The summed E-state index contributed by atoms with van der Waals surface area (Å²) in [4.78, 5) is 11.5. The second-order valence-corrected chi connectivity index (χ2v) is 5.58. The van der Waals surface area contributed by atoms with E-state index in [-0.39, 0.29) is 5.75 Å². The van der Waals surface area contributed by atoms with Crippen LogP contribution in [0.4, 0.5) is 5.82 Å². The van der Waals surface area contributed by atoms with Gasteiger partial charge in [0.15, 0.2) is 0 Å². The molecule has 1 saturated heterocycles. The predicted octanol–water partition coefficient (Wildman–Crippen LogP) is 2.84. The maximum absolute atomic E-state index is 9.42. The van der Waals surface area contributed by atoms with Crippen LogP contribution in [0, 0.1) is 0 Å². The normalized spacial score (nSPS) is 15.0. The monoisotopic (exact) mass is 307 g/mol. The first-order valence-electron chi connectivity index (χ1n) is 7.68. The first-order valence-corrected chi connectivity index (χ1v) is 7.68. The van der Waals surface area contributed by atoms with Crippen molar-refractivity contribution in [2.45, 2.75) is 0 Å². The van der Waals surface area contributed by atoms with Crippen LogP contribution in [-0.2, 0) is 4.74 Å². The van der Waals surface area contributed by atoms with E-state index in [1.54, 1.807) is 12.1 Å².